The summed E-state index contributed by atoms with van der Waals surface area (Å²) in [7, 11) is 0. The summed E-state index contributed by atoms with van der Waals surface area (Å²) in [5.74, 6) is 1.11. The maximum Gasteiger partial charge on any atom is 0.126 e. The van der Waals surface area contributed by atoms with Gasteiger partial charge in [0.15, 0.2) is 0 Å². The van der Waals surface area contributed by atoms with Crippen LogP contribution in [0.3, 0.4) is 0 Å². The predicted octanol–water partition coefficient (Wildman–Crippen LogP) is 4.12. The van der Waals surface area contributed by atoms with Crippen LogP contribution in [0.4, 0.5) is 0 Å². The quantitative estimate of drug-likeness (QED) is 0.620. The Kier molecular flexibility index (Phi) is 3.78. The topological polar surface area (TPSA) is 9.23 Å². The van der Waals surface area contributed by atoms with E-state index in [9.17, 15) is 0 Å². The molecule has 0 radical (unpaired) electrons. The first-order chi connectivity index (χ1) is 7.08. The summed E-state index contributed by atoms with van der Waals surface area (Å²) in [5.41, 5.74) is 2.63. The van der Waals surface area contributed by atoms with Crippen molar-refractivity contribution in [2.75, 3.05) is 0 Å². The average Bonchev–Trinajstić information content (AvgIpc) is 2.22. The second kappa shape index (κ2) is 4.69. The van der Waals surface area contributed by atoms with Gasteiger partial charge < -0.3 is 4.74 Å². The van der Waals surface area contributed by atoms with Crippen LogP contribution in [0.15, 0.2) is 18.2 Å². The molecule has 0 N–H and O–H groups in total. The SMILES string of the molecule is CC.Cc1cccc2c1OC(C)(C)CC2. The smallest absolute Gasteiger partial charge is 0.126 e. The van der Waals surface area contributed by atoms with Crippen molar-refractivity contribution in [3.05, 3.63) is 29.3 Å². The molecule has 0 amide bonds. The predicted molar refractivity (Wildman–Crippen MR) is 65.6 cm³/mol. The number of rotatable bonds is 0. The van der Waals surface area contributed by atoms with Crippen LogP contribution in [-0.2, 0) is 6.42 Å². The molecule has 1 aromatic carbocycles. The second-order valence-electron chi connectivity index (χ2n) is 4.42. The summed E-state index contributed by atoms with van der Waals surface area (Å²) >= 11 is 0. The summed E-state index contributed by atoms with van der Waals surface area (Å²) in [6.07, 6.45) is 2.26. The van der Waals surface area contributed by atoms with E-state index in [0.29, 0.717) is 0 Å². The Morgan fingerprint density at radius 3 is 2.53 bits per heavy atom. The maximum absolute atomic E-state index is 5.95. The van der Waals surface area contributed by atoms with E-state index >= 15 is 0 Å². The summed E-state index contributed by atoms with van der Waals surface area (Å²) in [4.78, 5) is 0. The fourth-order valence-electron chi connectivity index (χ4n) is 1.82. The molecule has 84 valence electrons. The van der Waals surface area contributed by atoms with Crippen LogP contribution >= 0.6 is 0 Å². The molecule has 0 bridgehead atoms. The molecular formula is C14H22O. The lowest BCUT2D eigenvalue weighted by atomic mass is 9.93. The van der Waals surface area contributed by atoms with E-state index in [0.717, 1.165) is 18.6 Å². The monoisotopic (exact) mass is 206 g/mol. The van der Waals surface area contributed by atoms with Crippen molar-refractivity contribution in [2.45, 2.75) is 53.1 Å². The highest BCUT2D eigenvalue weighted by molar-refractivity contribution is 5.42. The standard InChI is InChI=1S/C12H16O.C2H6/c1-9-5-4-6-10-7-8-12(2,3)13-11(9)10;1-2/h4-6H,7-8H2,1-3H3;1-2H3. The lowest BCUT2D eigenvalue weighted by molar-refractivity contribution is 0.0837. The first-order valence-electron chi connectivity index (χ1n) is 5.86. The van der Waals surface area contributed by atoms with Crippen molar-refractivity contribution in [1.29, 1.82) is 0 Å². The molecular weight excluding hydrogens is 184 g/mol. The lowest BCUT2D eigenvalue weighted by Crippen LogP contribution is -2.32. The molecule has 1 aliphatic heterocycles. The molecule has 0 aliphatic carbocycles. The van der Waals surface area contributed by atoms with E-state index in [2.05, 4.69) is 39.0 Å². The number of benzene rings is 1. The van der Waals surface area contributed by atoms with E-state index in [1.807, 2.05) is 13.8 Å². The molecule has 1 nitrogen and oxygen atoms in total. The van der Waals surface area contributed by atoms with Crippen molar-refractivity contribution < 1.29 is 4.74 Å². The van der Waals surface area contributed by atoms with Crippen molar-refractivity contribution in [3.63, 3.8) is 0 Å². The number of hydrogen-bond donors (Lipinski definition) is 0. The average molecular weight is 206 g/mol. The van der Waals surface area contributed by atoms with E-state index in [1.165, 1.54) is 11.1 Å². The molecule has 0 unspecified atom stereocenters. The minimum absolute atomic E-state index is 0.0130. The van der Waals surface area contributed by atoms with Gasteiger partial charge in [0, 0.05) is 0 Å². The number of hydrogen-bond acceptors (Lipinski definition) is 1. The zero-order chi connectivity index (χ0) is 11.5. The van der Waals surface area contributed by atoms with E-state index in [1.54, 1.807) is 0 Å². The largest absolute Gasteiger partial charge is 0.487 e. The van der Waals surface area contributed by atoms with Crippen molar-refractivity contribution in [2.24, 2.45) is 0 Å². The summed E-state index contributed by atoms with van der Waals surface area (Å²) in [6.45, 7) is 10.4. The van der Waals surface area contributed by atoms with Gasteiger partial charge in [0.05, 0.1) is 0 Å². The van der Waals surface area contributed by atoms with Gasteiger partial charge in [-0.2, -0.15) is 0 Å². The van der Waals surface area contributed by atoms with Crippen LogP contribution in [0.2, 0.25) is 0 Å². The van der Waals surface area contributed by atoms with Crippen molar-refractivity contribution in [1.82, 2.24) is 0 Å². The summed E-state index contributed by atoms with van der Waals surface area (Å²) < 4.78 is 5.95. The Hall–Kier alpha value is -0.980. The van der Waals surface area contributed by atoms with Crippen LogP contribution in [0.1, 0.15) is 45.2 Å². The number of aryl methyl sites for hydroxylation is 2. The number of ether oxygens (including phenoxy) is 1. The minimum Gasteiger partial charge on any atom is -0.487 e. The van der Waals surface area contributed by atoms with Crippen LogP contribution in [0, 0.1) is 6.92 Å². The Labute approximate surface area is 93.5 Å². The molecule has 1 aliphatic rings. The lowest BCUT2D eigenvalue weighted by Gasteiger charge is -2.33. The Balaban J connectivity index is 0.000000531. The zero-order valence-electron chi connectivity index (χ0n) is 10.6. The third kappa shape index (κ3) is 2.74. The van der Waals surface area contributed by atoms with E-state index in [4.69, 9.17) is 4.74 Å². The van der Waals surface area contributed by atoms with E-state index < -0.39 is 0 Å². The van der Waals surface area contributed by atoms with Crippen LogP contribution in [0.25, 0.3) is 0 Å². The molecule has 0 saturated heterocycles. The first kappa shape index (κ1) is 12.1. The third-order valence-electron chi connectivity index (χ3n) is 2.67. The van der Waals surface area contributed by atoms with Gasteiger partial charge >= 0.3 is 0 Å². The van der Waals surface area contributed by atoms with Gasteiger partial charge in [0.2, 0.25) is 0 Å². The van der Waals surface area contributed by atoms with Gasteiger partial charge in [0.25, 0.3) is 0 Å². The molecule has 0 atom stereocenters. The van der Waals surface area contributed by atoms with E-state index in [-0.39, 0.29) is 5.60 Å². The van der Waals surface area contributed by atoms with Crippen molar-refractivity contribution >= 4 is 0 Å². The van der Waals surface area contributed by atoms with Crippen LogP contribution in [-0.4, -0.2) is 5.60 Å². The third-order valence-corrected chi connectivity index (χ3v) is 2.67. The first-order valence-corrected chi connectivity index (χ1v) is 5.86. The Morgan fingerprint density at radius 1 is 1.20 bits per heavy atom. The summed E-state index contributed by atoms with van der Waals surface area (Å²) in [6, 6.07) is 6.38. The van der Waals surface area contributed by atoms with Gasteiger partial charge in [-0.15, -0.1) is 0 Å². The minimum atomic E-state index is 0.0130. The molecule has 1 heteroatoms. The van der Waals surface area contributed by atoms with Gasteiger partial charge in [-0.1, -0.05) is 32.0 Å². The van der Waals surface area contributed by atoms with Crippen LogP contribution < -0.4 is 4.74 Å². The molecule has 0 aromatic heterocycles. The molecule has 2 rings (SSSR count). The normalized spacial score (nSPS) is 16.9. The fourth-order valence-corrected chi connectivity index (χ4v) is 1.82. The number of fused-ring (bicyclic) bond motifs is 1. The van der Waals surface area contributed by atoms with Crippen LogP contribution in [0.5, 0.6) is 5.75 Å². The maximum atomic E-state index is 5.95. The zero-order valence-corrected chi connectivity index (χ0v) is 10.6. The van der Waals surface area contributed by atoms with Gasteiger partial charge in [-0.05, 0) is 44.7 Å². The summed E-state index contributed by atoms with van der Waals surface area (Å²) in [5, 5.41) is 0. The Bertz CT molecular complexity index is 326. The highest BCUT2D eigenvalue weighted by atomic mass is 16.5. The molecule has 0 saturated carbocycles. The molecule has 1 aromatic rings. The second-order valence-corrected chi connectivity index (χ2v) is 4.42. The highest BCUT2D eigenvalue weighted by Gasteiger charge is 2.26. The van der Waals surface area contributed by atoms with Gasteiger partial charge in [-0.25, -0.2) is 0 Å². The molecule has 0 spiro atoms. The highest BCUT2D eigenvalue weighted by Crippen LogP contribution is 2.35. The van der Waals surface area contributed by atoms with Crippen molar-refractivity contribution in [3.8, 4) is 5.75 Å². The van der Waals surface area contributed by atoms with Gasteiger partial charge in [-0.3, -0.25) is 0 Å². The Morgan fingerprint density at radius 2 is 1.87 bits per heavy atom. The molecule has 15 heavy (non-hydrogen) atoms. The molecule has 0 fully saturated rings. The fraction of sp³-hybridized carbons (Fsp3) is 0.571. The molecule has 1 heterocycles. The van der Waals surface area contributed by atoms with Gasteiger partial charge in [0.1, 0.15) is 11.4 Å². The number of para-hydroxylation sites is 1.